The van der Waals surface area contributed by atoms with Crippen molar-refractivity contribution in [2.45, 2.75) is 58.1 Å². The van der Waals surface area contributed by atoms with Crippen LogP contribution in [-0.4, -0.2) is 55.7 Å². The Balaban J connectivity index is 1.96. The minimum atomic E-state index is -0.431. The van der Waals surface area contributed by atoms with E-state index in [1.165, 1.54) is 6.92 Å². The molecule has 8 heteroatoms. The predicted octanol–water partition coefficient (Wildman–Crippen LogP) is 0.318. The van der Waals surface area contributed by atoms with Crippen LogP contribution in [0.1, 0.15) is 57.1 Å². The summed E-state index contributed by atoms with van der Waals surface area (Å²) >= 11 is 0. The molecule has 0 aromatic carbocycles. The second-order valence-electron chi connectivity index (χ2n) is 6.33. The first-order chi connectivity index (χ1) is 11.5. The average Bonchev–Trinajstić information content (AvgIpc) is 2.94. The van der Waals surface area contributed by atoms with Crippen LogP contribution in [-0.2, 0) is 23.2 Å². The molecule has 1 atom stereocenters. The Hall–Kier alpha value is -1.96. The highest BCUT2D eigenvalue weighted by molar-refractivity contribution is 5.86. The van der Waals surface area contributed by atoms with Gasteiger partial charge in [-0.05, 0) is 19.3 Å². The van der Waals surface area contributed by atoms with Gasteiger partial charge in [0.2, 0.25) is 11.8 Å². The lowest BCUT2D eigenvalue weighted by Gasteiger charge is -2.34. The number of carbonyl (C=O) groups excluding carboxylic acids is 2. The van der Waals surface area contributed by atoms with E-state index >= 15 is 0 Å². The molecule has 0 aliphatic carbocycles. The molecule has 24 heavy (non-hydrogen) atoms. The van der Waals surface area contributed by atoms with Gasteiger partial charge in [0.1, 0.15) is 18.5 Å². The maximum atomic E-state index is 12.6. The first kappa shape index (κ1) is 18.4. The molecule has 1 fully saturated rings. The van der Waals surface area contributed by atoms with Crippen LogP contribution < -0.4 is 5.32 Å². The Morgan fingerprint density at radius 2 is 2.00 bits per heavy atom. The van der Waals surface area contributed by atoms with Crippen LogP contribution in [0.15, 0.2) is 0 Å². The molecule has 0 unspecified atom stereocenters. The van der Waals surface area contributed by atoms with Crippen molar-refractivity contribution in [3.8, 4) is 0 Å². The molecule has 0 bridgehead atoms. The molecule has 2 rings (SSSR count). The zero-order valence-corrected chi connectivity index (χ0v) is 14.7. The van der Waals surface area contributed by atoms with Crippen LogP contribution in [0, 0.1) is 0 Å². The number of likely N-dealkylation sites (tertiary alicyclic amines) is 1. The topological polar surface area (TPSA) is 100 Å². The van der Waals surface area contributed by atoms with Gasteiger partial charge in [0.15, 0.2) is 5.82 Å². The number of aromatic nitrogens is 3. The van der Waals surface area contributed by atoms with Gasteiger partial charge in [-0.2, -0.15) is 0 Å². The minimum Gasteiger partial charge on any atom is -0.388 e. The summed E-state index contributed by atoms with van der Waals surface area (Å²) in [4.78, 5) is 25.8. The number of rotatable bonds is 6. The van der Waals surface area contributed by atoms with E-state index in [0.29, 0.717) is 25.3 Å². The van der Waals surface area contributed by atoms with Crippen LogP contribution in [0.3, 0.4) is 0 Å². The fraction of sp³-hybridized carbons (Fsp3) is 0.750. The molecule has 134 valence electrons. The van der Waals surface area contributed by atoms with Crippen molar-refractivity contribution in [2.24, 2.45) is 7.05 Å². The van der Waals surface area contributed by atoms with Crippen molar-refractivity contribution in [1.29, 1.82) is 0 Å². The van der Waals surface area contributed by atoms with E-state index in [-0.39, 0.29) is 24.3 Å². The summed E-state index contributed by atoms with van der Waals surface area (Å²) in [6.07, 6.45) is 3.11. The summed E-state index contributed by atoms with van der Waals surface area (Å²) in [6.45, 7) is 4.60. The first-order valence-corrected chi connectivity index (χ1v) is 8.52. The molecular weight excluding hydrogens is 310 g/mol. The Kier molecular flexibility index (Phi) is 6.30. The first-order valence-electron chi connectivity index (χ1n) is 8.52. The molecule has 8 nitrogen and oxygen atoms in total. The smallest absolute Gasteiger partial charge is 0.245 e. The van der Waals surface area contributed by atoms with Gasteiger partial charge in [0, 0.05) is 33.0 Å². The number of aliphatic hydroxyl groups is 1. The van der Waals surface area contributed by atoms with Crippen LogP contribution in [0.2, 0.25) is 0 Å². The number of nitrogens with zero attached hydrogens (tertiary/aromatic N) is 4. The second kappa shape index (κ2) is 8.23. The van der Waals surface area contributed by atoms with Gasteiger partial charge >= 0.3 is 0 Å². The molecule has 0 saturated carbocycles. The van der Waals surface area contributed by atoms with Gasteiger partial charge in [-0.3, -0.25) is 9.59 Å². The van der Waals surface area contributed by atoms with E-state index in [4.69, 9.17) is 0 Å². The maximum absolute atomic E-state index is 12.6. The predicted molar refractivity (Wildman–Crippen MR) is 88.0 cm³/mol. The van der Waals surface area contributed by atoms with E-state index in [1.54, 1.807) is 0 Å². The number of piperidine rings is 1. The molecule has 2 amide bonds. The third-order valence-electron chi connectivity index (χ3n) is 4.56. The number of hydrogen-bond acceptors (Lipinski definition) is 5. The number of aliphatic hydroxyl groups excluding tert-OH is 1. The number of carbonyl (C=O) groups is 2. The Bertz CT molecular complexity index is 578. The van der Waals surface area contributed by atoms with Crippen LogP contribution >= 0.6 is 0 Å². The largest absolute Gasteiger partial charge is 0.388 e. The Morgan fingerprint density at radius 1 is 1.33 bits per heavy atom. The molecule has 2 heterocycles. The molecule has 1 saturated heterocycles. The molecule has 1 aromatic heterocycles. The molecule has 1 aliphatic heterocycles. The van der Waals surface area contributed by atoms with Gasteiger partial charge < -0.3 is 19.9 Å². The average molecular weight is 337 g/mol. The monoisotopic (exact) mass is 337 g/mol. The lowest BCUT2D eigenvalue weighted by atomic mass is 9.95. The number of nitrogens with one attached hydrogen (secondary N) is 1. The Morgan fingerprint density at radius 3 is 2.50 bits per heavy atom. The van der Waals surface area contributed by atoms with Crippen molar-refractivity contribution < 1.29 is 14.7 Å². The summed E-state index contributed by atoms with van der Waals surface area (Å²) in [5.41, 5.74) is 0. The number of hydrogen-bond donors (Lipinski definition) is 2. The minimum absolute atomic E-state index is 0.000451. The standard InChI is InChI=1S/C16H27N5O3/c1-4-5-13(17-11(2)23)16(24)21-8-6-12(7-9-21)15-19-18-14(10-22)20(15)3/h12-13,22H,4-10H2,1-3H3,(H,17,23)/t13-/m1/s1. The lowest BCUT2D eigenvalue weighted by molar-refractivity contribution is -0.137. The maximum Gasteiger partial charge on any atom is 0.245 e. The zero-order valence-electron chi connectivity index (χ0n) is 14.7. The van der Waals surface area contributed by atoms with Gasteiger partial charge in [0.05, 0.1) is 0 Å². The van der Waals surface area contributed by atoms with Crippen molar-refractivity contribution in [2.75, 3.05) is 13.1 Å². The fourth-order valence-corrected chi connectivity index (χ4v) is 3.24. The van der Waals surface area contributed by atoms with Crippen LogP contribution in [0.5, 0.6) is 0 Å². The summed E-state index contributed by atoms with van der Waals surface area (Å²) < 4.78 is 1.83. The van der Waals surface area contributed by atoms with Crippen molar-refractivity contribution in [3.63, 3.8) is 0 Å². The molecule has 2 N–H and O–H groups in total. The van der Waals surface area contributed by atoms with E-state index in [9.17, 15) is 14.7 Å². The van der Waals surface area contributed by atoms with E-state index < -0.39 is 6.04 Å². The summed E-state index contributed by atoms with van der Waals surface area (Å²) in [6, 6.07) is -0.431. The highest BCUT2D eigenvalue weighted by atomic mass is 16.3. The Labute approximate surface area is 142 Å². The lowest BCUT2D eigenvalue weighted by Crippen LogP contribution is -2.50. The third-order valence-corrected chi connectivity index (χ3v) is 4.56. The molecule has 0 radical (unpaired) electrons. The second-order valence-corrected chi connectivity index (χ2v) is 6.33. The molecular formula is C16H27N5O3. The zero-order chi connectivity index (χ0) is 17.7. The van der Waals surface area contributed by atoms with Crippen molar-refractivity contribution >= 4 is 11.8 Å². The summed E-state index contributed by atoms with van der Waals surface area (Å²) in [5.74, 6) is 1.47. The van der Waals surface area contributed by atoms with Crippen LogP contribution in [0.25, 0.3) is 0 Å². The van der Waals surface area contributed by atoms with E-state index in [0.717, 1.165) is 25.1 Å². The van der Waals surface area contributed by atoms with E-state index in [1.807, 2.05) is 23.4 Å². The van der Waals surface area contributed by atoms with Gasteiger partial charge in [-0.25, -0.2) is 0 Å². The fourth-order valence-electron chi connectivity index (χ4n) is 3.24. The summed E-state index contributed by atoms with van der Waals surface area (Å²) in [7, 11) is 1.85. The molecule has 0 spiro atoms. The van der Waals surface area contributed by atoms with Gasteiger partial charge in [0.25, 0.3) is 0 Å². The molecule has 1 aromatic rings. The highest BCUT2D eigenvalue weighted by Gasteiger charge is 2.30. The third kappa shape index (κ3) is 4.11. The van der Waals surface area contributed by atoms with Crippen LogP contribution in [0.4, 0.5) is 0 Å². The highest BCUT2D eigenvalue weighted by Crippen LogP contribution is 2.27. The number of amides is 2. The van der Waals surface area contributed by atoms with E-state index in [2.05, 4.69) is 15.5 Å². The normalized spacial score (nSPS) is 16.9. The SMILES string of the molecule is CCC[C@@H](NC(C)=O)C(=O)N1CCC(c2nnc(CO)n2C)CC1. The van der Waals surface area contributed by atoms with Crippen molar-refractivity contribution in [3.05, 3.63) is 11.6 Å². The van der Waals surface area contributed by atoms with Crippen molar-refractivity contribution in [1.82, 2.24) is 25.0 Å². The van der Waals surface area contributed by atoms with Gasteiger partial charge in [-0.1, -0.05) is 13.3 Å². The quantitative estimate of drug-likeness (QED) is 0.778. The summed E-state index contributed by atoms with van der Waals surface area (Å²) in [5, 5.41) is 20.1. The molecule has 1 aliphatic rings. The van der Waals surface area contributed by atoms with Gasteiger partial charge in [-0.15, -0.1) is 10.2 Å².